The molecule has 1 unspecified atom stereocenters. The fourth-order valence-corrected chi connectivity index (χ4v) is 2.68. The smallest absolute Gasteiger partial charge is 0.159 e. The fourth-order valence-electron chi connectivity index (χ4n) is 2.68. The average molecular weight is 351 g/mol. The number of nitrogens with zero attached hydrogens (tertiary/aromatic N) is 3. The van der Waals surface area contributed by atoms with Crippen molar-refractivity contribution < 1.29 is 4.74 Å². The van der Waals surface area contributed by atoms with Gasteiger partial charge in [-0.3, -0.25) is 0 Å². The van der Waals surface area contributed by atoms with Crippen LogP contribution in [0.2, 0.25) is 0 Å². The summed E-state index contributed by atoms with van der Waals surface area (Å²) in [6.45, 7) is 4.69. The first-order chi connectivity index (χ1) is 12.7. The van der Waals surface area contributed by atoms with Crippen LogP contribution in [0, 0.1) is 17.2 Å². The second-order valence-corrected chi connectivity index (χ2v) is 6.77. The van der Waals surface area contributed by atoms with Crippen molar-refractivity contribution in [3.8, 4) is 23.2 Å². The highest BCUT2D eigenvalue weighted by Gasteiger charge is 2.04. The molecule has 1 atom stereocenters. The third kappa shape index (κ3) is 6.84. The van der Waals surface area contributed by atoms with E-state index in [1.807, 2.05) is 43.6 Å². The van der Waals surface area contributed by atoms with Crippen molar-refractivity contribution in [2.24, 2.45) is 5.92 Å². The maximum atomic E-state index is 8.78. The maximum Gasteiger partial charge on any atom is 0.159 e. The van der Waals surface area contributed by atoms with Crippen LogP contribution in [0.5, 0.6) is 5.75 Å². The minimum atomic E-state index is 0.0211. The quantitative estimate of drug-likeness (QED) is 0.495. The van der Waals surface area contributed by atoms with Gasteiger partial charge in [0.15, 0.2) is 5.82 Å². The van der Waals surface area contributed by atoms with Gasteiger partial charge in [0, 0.05) is 23.9 Å². The van der Waals surface area contributed by atoms with Gasteiger partial charge in [0.05, 0.1) is 12.7 Å². The first-order valence-electron chi connectivity index (χ1n) is 9.66. The molecule has 0 radical (unpaired) electrons. The Morgan fingerprint density at radius 3 is 2.38 bits per heavy atom. The van der Waals surface area contributed by atoms with Gasteiger partial charge < -0.3 is 4.74 Å². The largest absolute Gasteiger partial charge is 0.494 e. The van der Waals surface area contributed by atoms with Crippen LogP contribution in [-0.4, -0.2) is 16.6 Å². The van der Waals surface area contributed by atoms with Gasteiger partial charge in [-0.2, -0.15) is 5.26 Å². The number of aromatic nitrogens is 2. The number of unbranched alkanes of at least 4 members (excludes halogenated alkanes) is 4. The number of benzene rings is 1. The molecular formula is C22H29N3O. The monoisotopic (exact) mass is 351 g/mol. The molecule has 0 spiro atoms. The van der Waals surface area contributed by atoms with E-state index in [1.165, 1.54) is 37.7 Å². The molecule has 0 aliphatic rings. The van der Waals surface area contributed by atoms with E-state index in [0.717, 1.165) is 30.0 Å². The second kappa shape index (κ2) is 11.3. The van der Waals surface area contributed by atoms with E-state index in [0.29, 0.717) is 6.61 Å². The zero-order valence-electron chi connectivity index (χ0n) is 15.9. The lowest BCUT2D eigenvalue weighted by atomic mass is 10.1. The number of aryl methyl sites for hydroxylation is 1. The Bertz CT molecular complexity index is 674. The first kappa shape index (κ1) is 19.9. The Morgan fingerprint density at radius 2 is 1.73 bits per heavy atom. The number of ether oxygens (including phenoxy) is 1. The molecule has 0 aliphatic heterocycles. The highest BCUT2D eigenvalue weighted by Crippen LogP contribution is 2.20. The Hall–Kier alpha value is -2.41. The van der Waals surface area contributed by atoms with Crippen molar-refractivity contribution in [2.75, 3.05) is 6.61 Å². The third-order valence-corrected chi connectivity index (χ3v) is 4.43. The predicted molar refractivity (Wildman–Crippen MR) is 105 cm³/mol. The van der Waals surface area contributed by atoms with Gasteiger partial charge in [-0.25, -0.2) is 9.97 Å². The molecule has 0 bridgehead atoms. The molecule has 0 amide bonds. The van der Waals surface area contributed by atoms with Gasteiger partial charge in [0.1, 0.15) is 5.75 Å². The third-order valence-electron chi connectivity index (χ3n) is 4.43. The van der Waals surface area contributed by atoms with Gasteiger partial charge in [-0.15, -0.1) is 0 Å². The van der Waals surface area contributed by atoms with E-state index in [2.05, 4.69) is 23.0 Å². The van der Waals surface area contributed by atoms with Gasteiger partial charge in [-0.1, -0.05) is 32.6 Å². The number of nitriles is 1. The van der Waals surface area contributed by atoms with E-state index in [1.54, 1.807) is 0 Å². The molecule has 2 rings (SSSR count). The van der Waals surface area contributed by atoms with Gasteiger partial charge in [0.2, 0.25) is 0 Å². The van der Waals surface area contributed by atoms with Crippen molar-refractivity contribution in [2.45, 2.75) is 58.8 Å². The molecule has 4 heteroatoms. The summed E-state index contributed by atoms with van der Waals surface area (Å²) < 4.78 is 5.67. The molecular weight excluding hydrogens is 322 g/mol. The maximum absolute atomic E-state index is 8.78. The number of hydrogen-bond donors (Lipinski definition) is 0. The van der Waals surface area contributed by atoms with Crippen LogP contribution in [-0.2, 0) is 6.42 Å². The van der Waals surface area contributed by atoms with Crippen molar-refractivity contribution in [1.82, 2.24) is 9.97 Å². The van der Waals surface area contributed by atoms with Crippen molar-refractivity contribution in [3.63, 3.8) is 0 Å². The van der Waals surface area contributed by atoms with E-state index >= 15 is 0 Å². The minimum Gasteiger partial charge on any atom is -0.494 e. The summed E-state index contributed by atoms with van der Waals surface area (Å²) in [6.07, 6.45) is 12.1. The van der Waals surface area contributed by atoms with Gasteiger partial charge in [0.25, 0.3) is 0 Å². The summed E-state index contributed by atoms with van der Waals surface area (Å²) in [6, 6.07) is 10.0. The molecule has 0 N–H and O–H groups in total. The zero-order chi connectivity index (χ0) is 18.6. The van der Waals surface area contributed by atoms with E-state index < -0.39 is 0 Å². The summed E-state index contributed by atoms with van der Waals surface area (Å²) >= 11 is 0. The molecule has 4 nitrogen and oxygen atoms in total. The first-order valence-corrected chi connectivity index (χ1v) is 9.66. The summed E-state index contributed by atoms with van der Waals surface area (Å²) in [7, 11) is 0. The van der Waals surface area contributed by atoms with E-state index in [4.69, 9.17) is 10.00 Å². The summed E-state index contributed by atoms with van der Waals surface area (Å²) in [4.78, 5) is 9.00. The van der Waals surface area contributed by atoms with Crippen LogP contribution in [0.1, 0.15) is 57.9 Å². The lowest BCUT2D eigenvalue weighted by molar-refractivity contribution is 0.297. The molecule has 1 aromatic heterocycles. The topological polar surface area (TPSA) is 58.8 Å². The molecule has 1 heterocycles. The lowest BCUT2D eigenvalue weighted by Gasteiger charge is -2.08. The fraction of sp³-hybridized carbons (Fsp3) is 0.500. The van der Waals surface area contributed by atoms with E-state index in [-0.39, 0.29) is 5.92 Å². The minimum absolute atomic E-state index is 0.0211. The Balaban J connectivity index is 1.82. The predicted octanol–water partition coefficient (Wildman–Crippen LogP) is 5.59. The molecule has 26 heavy (non-hydrogen) atoms. The normalized spacial score (nSPS) is 11.7. The zero-order valence-corrected chi connectivity index (χ0v) is 15.9. The number of hydrogen-bond acceptors (Lipinski definition) is 4. The van der Waals surface area contributed by atoms with Crippen LogP contribution < -0.4 is 4.74 Å². The number of rotatable bonds is 11. The molecule has 0 saturated heterocycles. The lowest BCUT2D eigenvalue weighted by Crippen LogP contribution is -2.02. The van der Waals surface area contributed by atoms with Gasteiger partial charge >= 0.3 is 0 Å². The van der Waals surface area contributed by atoms with E-state index in [9.17, 15) is 0 Å². The highest BCUT2D eigenvalue weighted by molar-refractivity contribution is 5.55. The van der Waals surface area contributed by atoms with Gasteiger partial charge in [-0.05, 0) is 56.0 Å². The van der Waals surface area contributed by atoms with Crippen LogP contribution in [0.3, 0.4) is 0 Å². The summed E-state index contributed by atoms with van der Waals surface area (Å²) in [5.41, 5.74) is 2.19. The molecule has 0 fully saturated rings. The van der Waals surface area contributed by atoms with Crippen LogP contribution in [0.15, 0.2) is 36.7 Å². The SMILES string of the molecule is CCCCCCCc1cnc(-c2ccc(OCCC(C)C#N)cc2)nc1. The molecule has 0 saturated carbocycles. The van der Waals surface area contributed by atoms with Crippen molar-refractivity contribution >= 4 is 0 Å². The highest BCUT2D eigenvalue weighted by atomic mass is 16.5. The molecule has 138 valence electrons. The van der Waals surface area contributed by atoms with Crippen molar-refractivity contribution in [1.29, 1.82) is 5.26 Å². The standard InChI is InChI=1S/C22H29N3O/c1-3-4-5-6-7-8-19-16-24-22(25-17-19)20-9-11-21(12-10-20)26-14-13-18(2)15-23/h9-12,16-18H,3-8,13-14H2,1-2H3. The van der Waals surface area contributed by atoms with Crippen LogP contribution in [0.25, 0.3) is 11.4 Å². The van der Waals surface area contributed by atoms with Crippen LogP contribution in [0.4, 0.5) is 0 Å². The molecule has 1 aromatic carbocycles. The van der Waals surface area contributed by atoms with Crippen LogP contribution >= 0.6 is 0 Å². The Morgan fingerprint density at radius 1 is 1.04 bits per heavy atom. The molecule has 2 aromatic rings. The second-order valence-electron chi connectivity index (χ2n) is 6.77. The summed E-state index contributed by atoms with van der Waals surface area (Å²) in [5.74, 6) is 1.57. The van der Waals surface area contributed by atoms with Crippen molar-refractivity contribution in [3.05, 3.63) is 42.2 Å². The molecule has 0 aliphatic carbocycles. The Kier molecular flexibility index (Phi) is 8.62. The average Bonchev–Trinajstić information content (AvgIpc) is 2.69. The Labute approximate surface area is 157 Å². The summed E-state index contributed by atoms with van der Waals surface area (Å²) in [5, 5.41) is 8.78.